The first kappa shape index (κ1) is 21.6. The Morgan fingerprint density at radius 2 is 1.54 bits per heavy atom. The molecule has 2 aliphatic rings. The third kappa shape index (κ3) is 6.48. The van der Waals surface area contributed by atoms with E-state index in [0.717, 1.165) is 36.9 Å². The highest BCUT2D eigenvalue weighted by molar-refractivity contribution is 5.25. The average Bonchev–Trinajstić information content (AvgIpc) is 2.75. The number of rotatable bonds is 10. The number of benzene rings is 1. The minimum atomic E-state index is 0.769. The lowest BCUT2D eigenvalue weighted by Crippen LogP contribution is -2.25. The quantitative estimate of drug-likeness (QED) is 0.294. The van der Waals surface area contributed by atoms with Crippen molar-refractivity contribution in [3.05, 3.63) is 48.0 Å². The van der Waals surface area contributed by atoms with Crippen molar-refractivity contribution >= 4 is 0 Å². The minimum absolute atomic E-state index is 0.769. The van der Waals surface area contributed by atoms with E-state index in [4.69, 9.17) is 4.74 Å². The van der Waals surface area contributed by atoms with Crippen molar-refractivity contribution in [2.45, 2.75) is 96.5 Å². The van der Waals surface area contributed by atoms with Crippen LogP contribution < -0.4 is 0 Å². The maximum Gasteiger partial charge on any atom is 0.0716 e. The summed E-state index contributed by atoms with van der Waals surface area (Å²) in [6.07, 6.45) is 18.6. The van der Waals surface area contributed by atoms with E-state index in [2.05, 4.69) is 43.8 Å². The van der Waals surface area contributed by atoms with E-state index >= 15 is 0 Å². The topological polar surface area (TPSA) is 9.23 Å². The van der Waals surface area contributed by atoms with E-state index < -0.39 is 0 Å². The van der Waals surface area contributed by atoms with Gasteiger partial charge in [-0.25, -0.2) is 0 Å². The van der Waals surface area contributed by atoms with Crippen molar-refractivity contribution in [2.24, 2.45) is 17.8 Å². The van der Waals surface area contributed by atoms with Crippen molar-refractivity contribution < 1.29 is 4.74 Å². The van der Waals surface area contributed by atoms with Gasteiger partial charge in [-0.3, -0.25) is 0 Å². The lowest BCUT2D eigenvalue weighted by Gasteiger charge is -2.38. The Kier molecular flexibility index (Phi) is 9.12. The Morgan fingerprint density at radius 1 is 0.893 bits per heavy atom. The fourth-order valence-electron chi connectivity index (χ4n) is 5.59. The van der Waals surface area contributed by atoms with Gasteiger partial charge in [0.05, 0.1) is 6.61 Å². The van der Waals surface area contributed by atoms with E-state index in [1.165, 1.54) is 82.6 Å². The standard InChI is InChI=1S/C27H42O/c1-3-5-6-20-28-21-23-10-14-25(15-11-23)27-18-16-26(17-19-27)24-12-8-22(7-4-2)9-13-24/h4,10-11,14-15,22,24,26-27H,2-3,5-9,12-13,16-21H2,1H3/t22-,24-,26?,27?. The molecule has 156 valence electrons. The lowest BCUT2D eigenvalue weighted by atomic mass is 9.68. The summed E-state index contributed by atoms with van der Waals surface area (Å²) >= 11 is 0. The van der Waals surface area contributed by atoms with Gasteiger partial charge in [0.2, 0.25) is 0 Å². The molecular formula is C27H42O. The zero-order valence-corrected chi connectivity index (χ0v) is 18.2. The maximum absolute atomic E-state index is 5.81. The van der Waals surface area contributed by atoms with Crippen LogP contribution in [-0.2, 0) is 11.3 Å². The van der Waals surface area contributed by atoms with Gasteiger partial charge in [0.1, 0.15) is 0 Å². The molecule has 0 heterocycles. The summed E-state index contributed by atoms with van der Waals surface area (Å²) in [6, 6.07) is 9.33. The highest BCUT2D eigenvalue weighted by atomic mass is 16.5. The van der Waals surface area contributed by atoms with Crippen molar-refractivity contribution in [3.63, 3.8) is 0 Å². The molecule has 0 N–H and O–H groups in total. The molecule has 28 heavy (non-hydrogen) atoms. The van der Waals surface area contributed by atoms with Gasteiger partial charge >= 0.3 is 0 Å². The van der Waals surface area contributed by atoms with E-state index in [9.17, 15) is 0 Å². The number of hydrogen-bond donors (Lipinski definition) is 0. The highest BCUT2D eigenvalue weighted by Crippen LogP contribution is 2.44. The van der Waals surface area contributed by atoms with Crippen LogP contribution in [-0.4, -0.2) is 6.61 Å². The molecule has 0 unspecified atom stereocenters. The number of ether oxygens (including phenoxy) is 1. The maximum atomic E-state index is 5.81. The van der Waals surface area contributed by atoms with Crippen LogP contribution in [0.5, 0.6) is 0 Å². The second-order valence-electron chi connectivity index (χ2n) is 9.42. The summed E-state index contributed by atoms with van der Waals surface area (Å²) in [7, 11) is 0. The van der Waals surface area contributed by atoms with Gasteiger partial charge in [0, 0.05) is 6.61 Å². The Labute approximate surface area is 174 Å². The summed E-state index contributed by atoms with van der Waals surface area (Å²) in [5, 5.41) is 0. The van der Waals surface area contributed by atoms with E-state index in [0.29, 0.717) is 0 Å². The number of hydrogen-bond acceptors (Lipinski definition) is 1. The number of allylic oxidation sites excluding steroid dienone is 1. The Hall–Kier alpha value is -1.08. The summed E-state index contributed by atoms with van der Waals surface area (Å²) in [5.41, 5.74) is 2.88. The van der Waals surface area contributed by atoms with Crippen LogP contribution in [0.25, 0.3) is 0 Å². The van der Waals surface area contributed by atoms with Crippen LogP contribution in [0.4, 0.5) is 0 Å². The van der Waals surface area contributed by atoms with Gasteiger partial charge in [0.25, 0.3) is 0 Å². The second kappa shape index (κ2) is 11.8. The molecule has 1 heteroatoms. The third-order valence-corrected chi connectivity index (χ3v) is 7.44. The van der Waals surface area contributed by atoms with Gasteiger partial charge in [-0.1, -0.05) is 50.1 Å². The van der Waals surface area contributed by atoms with E-state index in [1.54, 1.807) is 5.56 Å². The molecule has 0 spiro atoms. The fourth-order valence-corrected chi connectivity index (χ4v) is 5.59. The molecule has 0 radical (unpaired) electrons. The monoisotopic (exact) mass is 382 g/mol. The van der Waals surface area contributed by atoms with Crippen LogP contribution in [0, 0.1) is 17.8 Å². The minimum Gasteiger partial charge on any atom is -0.377 e. The molecule has 2 aliphatic carbocycles. The molecule has 0 atom stereocenters. The van der Waals surface area contributed by atoms with E-state index in [-0.39, 0.29) is 0 Å². The van der Waals surface area contributed by atoms with Gasteiger partial charge in [-0.05, 0) is 99.0 Å². The van der Waals surface area contributed by atoms with Gasteiger partial charge in [-0.15, -0.1) is 6.58 Å². The predicted molar refractivity (Wildman–Crippen MR) is 121 cm³/mol. The van der Waals surface area contributed by atoms with Crippen molar-refractivity contribution in [3.8, 4) is 0 Å². The van der Waals surface area contributed by atoms with Crippen molar-refractivity contribution in [2.75, 3.05) is 6.61 Å². The lowest BCUT2D eigenvalue weighted by molar-refractivity contribution is 0.117. The Balaban J connectivity index is 1.38. The molecule has 0 aliphatic heterocycles. The van der Waals surface area contributed by atoms with Crippen molar-refractivity contribution in [1.29, 1.82) is 0 Å². The first-order valence-corrected chi connectivity index (χ1v) is 12.1. The van der Waals surface area contributed by atoms with Crippen LogP contribution in [0.2, 0.25) is 0 Å². The third-order valence-electron chi connectivity index (χ3n) is 7.44. The van der Waals surface area contributed by atoms with Gasteiger partial charge in [0.15, 0.2) is 0 Å². The highest BCUT2D eigenvalue weighted by Gasteiger charge is 2.30. The second-order valence-corrected chi connectivity index (χ2v) is 9.42. The zero-order valence-electron chi connectivity index (χ0n) is 18.2. The van der Waals surface area contributed by atoms with Gasteiger partial charge in [-0.2, -0.15) is 0 Å². The van der Waals surface area contributed by atoms with E-state index in [1.807, 2.05) is 0 Å². The molecule has 1 nitrogen and oxygen atoms in total. The molecule has 0 saturated heterocycles. The normalized spacial score (nSPS) is 28.2. The first-order chi connectivity index (χ1) is 13.8. The summed E-state index contributed by atoms with van der Waals surface area (Å²) in [5.74, 6) is 3.72. The molecular weight excluding hydrogens is 340 g/mol. The molecule has 1 aromatic carbocycles. The molecule has 1 aromatic rings. The SMILES string of the molecule is C=CC[C@H]1CC[C@H](C2CCC(c3ccc(COCCCCC)cc3)CC2)CC1. The largest absolute Gasteiger partial charge is 0.377 e. The smallest absolute Gasteiger partial charge is 0.0716 e. The first-order valence-electron chi connectivity index (χ1n) is 12.1. The Morgan fingerprint density at radius 3 is 2.14 bits per heavy atom. The molecule has 2 saturated carbocycles. The molecule has 0 aromatic heterocycles. The zero-order chi connectivity index (χ0) is 19.6. The van der Waals surface area contributed by atoms with Crippen LogP contribution in [0.15, 0.2) is 36.9 Å². The summed E-state index contributed by atoms with van der Waals surface area (Å²) in [4.78, 5) is 0. The molecule has 3 rings (SSSR count). The van der Waals surface area contributed by atoms with Crippen LogP contribution in [0.1, 0.15) is 101 Å². The average molecular weight is 383 g/mol. The summed E-state index contributed by atoms with van der Waals surface area (Å²) < 4.78 is 5.81. The van der Waals surface area contributed by atoms with Gasteiger partial charge < -0.3 is 4.74 Å². The van der Waals surface area contributed by atoms with Crippen LogP contribution >= 0.6 is 0 Å². The number of unbranched alkanes of at least 4 members (excludes halogenated alkanes) is 2. The van der Waals surface area contributed by atoms with Crippen LogP contribution in [0.3, 0.4) is 0 Å². The summed E-state index contributed by atoms with van der Waals surface area (Å²) in [6.45, 7) is 7.83. The Bertz CT molecular complexity index is 544. The molecule has 2 fully saturated rings. The predicted octanol–water partition coefficient (Wildman–Crippen LogP) is 8.05. The molecule has 0 amide bonds. The molecule has 0 bridgehead atoms. The van der Waals surface area contributed by atoms with Crippen molar-refractivity contribution in [1.82, 2.24) is 0 Å². The fraction of sp³-hybridized carbons (Fsp3) is 0.704.